The molecule has 0 N–H and O–H groups in total. The van der Waals surface area contributed by atoms with E-state index in [0.29, 0.717) is 30.2 Å². The van der Waals surface area contributed by atoms with Crippen molar-refractivity contribution in [2.45, 2.75) is 25.7 Å². The summed E-state index contributed by atoms with van der Waals surface area (Å²) in [5.74, 6) is 0.562. The van der Waals surface area contributed by atoms with Crippen LogP contribution in [0.5, 0.6) is 0 Å². The van der Waals surface area contributed by atoms with Crippen LogP contribution < -0.4 is 0 Å². The molecule has 0 fully saturated rings. The SMILES string of the molecule is CCOC1=C(Cl)C(=O)CC(c2ccccc2Cl)C1. The first-order chi connectivity index (χ1) is 8.63. The van der Waals surface area contributed by atoms with Crippen LogP contribution in [0, 0.1) is 0 Å². The van der Waals surface area contributed by atoms with Crippen molar-refractivity contribution >= 4 is 29.0 Å². The minimum Gasteiger partial charge on any atom is -0.497 e. The average molecular weight is 285 g/mol. The van der Waals surface area contributed by atoms with Gasteiger partial charge in [-0.2, -0.15) is 0 Å². The second-order valence-electron chi connectivity index (χ2n) is 4.22. The Morgan fingerprint density at radius 1 is 1.28 bits per heavy atom. The Labute approximate surface area is 117 Å². The third-order valence-corrected chi connectivity index (χ3v) is 3.78. The molecule has 0 bridgehead atoms. The summed E-state index contributed by atoms with van der Waals surface area (Å²) >= 11 is 12.1. The van der Waals surface area contributed by atoms with E-state index >= 15 is 0 Å². The number of halogens is 2. The van der Waals surface area contributed by atoms with E-state index < -0.39 is 0 Å². The molecule has 0 saturated heterocycles. The van der Waals surface area contributed by atoms with Gasteiger partial charge in [0.2, 0.25) is 0 Å². The first-order valence-electron chi connectivity index (χ1n) is 5.92. The van der Waals surface area contributed by atoms with Crippen molar-refractivity contribution in [3.63, 3.8) is 0 Å². The Morgan fingerprint density at radius 3 is 2.67 bits per heavy atom. The Balaban J connectivity index is 2.29. The third-order valence-electron chi connectivity index (χ3n) is 3.02. The average Bonchev–Trinajstić information content (AvgIpc) is 2.35. The van der Waals surface area contributed by atoms with Crippen LogP contribution in [0.25, 0.3) is 0 Å². The number of carbonyl (C=O) groups is 1. The molecule has 18 heavy (non-hydrogen) atoms. The molecular formula is C14H14Cl2O2. The predicted molar refractivity (Wildman–Crippen MR) is 72.9 cm³/mol. The van der Waals surface area contributed by atoms with Crippen molar-refractivity contribution in [1.29, 1.82) is 0 Å². The molecule has 96 valence electrons. The van der Waals surface area contributed by atoms with Crippen LogP contribution >= 0.6 is 23.2 Å². The normalized spacial score (nSPS) is 20.2. The van der Waals surface area contributed by atoms with Gasteiger partial charge in [0.25, 0.3) is 0 Å². The number of carbonyl (C=O) groups excluding carboxylic acids is 1. The van der Waals surface area contributed by atoms with Crippen LogP contribution in [-0.2, 0) is 9.53 Å². The number of benzene rings is 1. The Kier molecular flexibility index (Phi) is 4.31. The summed E-state index contributed by atoms with van der Waals surface area (Å²) in [6.45, 7) is 2.38. The van der Waals surface area contributed by atoms with E-state index in [-0.39, 0.29) is 16.7 Å². The van der Waals surface area contributed by atoms with Crippen molar-refractivity contribution in [2.75, 3.05) is 6.61 Å². The van der Waals surface area contributed by atoms with Gasteiger partial charge in [0, 0.05) is 17.9 Å². The van der Waals surface area contributed by atoms with Gasteiger partial charge in [0.15, 0.2) is 5.78 Å². The summed E-state index contributed by atoms with van der Waals surface area (Å²) in [7, 11) is 0. The smallest absolute Gasteiger partial charge is 0.178 e. The molecule has 0 radical (unpaired) electrons. The molecule has 1 aromatic carbocycles. The summed E-state index contributed by atoms with van der Waals surface area (Å²) in [6.07, 6.45) is 1.02. The molecule has 1 aliphatic carbocycles. The number of rotatable bonds is 3. The van der Waals surface area contributed by atoms with E-state index in [1.807, 2.05) is 31.2 Å². The van der Waals surface area contributed by atoms with Crippen molar-refractivity contribution in [3.05, 3.63) is 45.6 Å². The van der Waals surface area contributed by atoms with Gasteiger partial charge in [0.05, 0.1) is 6.61 Å². The quantitative estimate of drug-likeness (QED) is 0.828. The van der Waals surface area contributed by atoms with E-state index in [1.165, 1.54) is 0 Å². The lowest BCUT2D eigenvalue weighted by molar-refractivity contribution is -0.116. The highest BCUT2D eigenvalue weighted by Gasteiger charge is 2.29. The van der Waals surface area contributed by atoms with Crippen molar-refractivity contribution in [3.8, 4) is 0 Å². The fourth-order valence-corrected chi connectivity index (χ4v) is 2.68. The van der Waals surface area contributed by atoms with Crippen molar-refractivity contribution < 1.29 is 9.53 Å². The molecule has 4 heteroatoms. The number of hydrogen-bond acceptors (Lipinski definition) is 2. The standard InChI is InChI=1S/C14H14Cl2O2/c1-2-18-13-8-9(7-12(17)14(13)16)10-5-3-4-6-11(10)15/h3-6,9H,2,7-8H2,1H3. The Morgan fingerprint density at radius 2 is 2.00 bits per heavy atom. The molecule has 1 aliphatic rings. The highest BCUT2D eigenvalue weighted by atomic mass is 35.5. The summed E-state index contributed by atoms with van der Waals surface area (Å²) in [5.41, 5.74) is 0.980. The Bertz CT molecular complexity index is 494. The van der Waals surface area contributed by atoms with Crippen LogP contribution in [0.1, 0.15) is 31.2 Å². The van der Waals surface area contributed by atoms with Gasteiger partial charge in [-0.1, -0.05) is 41.4 Å². The van der Waals surface area contributed by atoms with E-state index in [2.05, 4.69) is 0 Å². The summed E-state index contributed by atoms with van der Waals surface area (Å²) in [4.78, 5) is 11.9. The highest BCUT2D eigenvalue weighted by molar-refractivity contribution is 6.43. The maximum Gasteiger partial charge on any atom is 0.178 e. The van der Waals surface area contributed by atoms with Crippen LogP contribution in [0.2, 0.25) is 5.02 Å². The minimum absolute atomic E-state index is 0.0512. The van der Waals surface area contributed by atoms with Gasteiger partial charge < -0.3 is 4.74 Å². The minimum atomic E-state index is -0.0729. The second kappa shape index (κ2) is 5.77. The van der Waals surface area contributed by atoms with E-state index in [0.717, 1.165) is 5.56 Å². The zero-order chi connectivity index (χ0) is 13.1. The highest BCUT2D eigenvalue weighted by Crippen LogP contribution is 2.38. The molecule has 0 saturated carbocycles. The molecule has 0 aromatic heterocycles. The number of allylic oxidation sites excluding steroid dienone is 2. The summed E-state index contributed by atoms with van der Waals surface area (Å²) < 4.78 is 5.44. The molecule has 1 atom stereocenters. The van der Waals surface area contributed by atoms with Crippen LogP contribution in [0.3, 0.4) is 0 Å². The van der Waals surface area contributed by atoms with Gasteiger partial charge in [-0.3, -0.25) is 4.79 Å². The van der Waals surface area contributed by atoms with Crippen LogP contribution in [0.4, 0.5) is 0 Å². The summed E-state index contributed by atoms with van der Waals surface area (Å²) in [6, 6.07) is 7.58. The molecule has 2 rings (SSSR count). The topological polar surface area (TPSA) is 26.3 Å². The van der Waals surface area contributed by atoms with Crippen molar-refractivity contribution in [2.24, 2.45) is 0 Å². The maximum atomic E-state index is 11.9. The van der Waals surface area contributed by atoms with Gasteiger partial charge in [-0.05, 0) is 24.5 Å². The fraction of sp³-hybridized carbons (Fsp3) is 0.357. The third kappa shape index (κ3) is 2.70. The number of hydrogen-bond donors (Lipinski definition) is 0. The molecular weight excluding hydrogens is 271 g/mol. The number of ether oxygens (including phenoxy) is 1. The Hall–Kier alpha value is -0.990. The summed E-state index contributed by atoms with van der Waals surface area (Å²) in [5, 5.41) is 0.921. The van der Waals surface area contributed by atoms with E-state index in [9.17, 15) is 4.79 Å². The first kappa shape index (κ1) is 13.4. The van der Waals surface area contributed by atoms with Gasteiger partial charge >= 0.3 is 0 Å². The fourth-order valence-electron chi connectivity index (χ4n) is 2.18. The maximum absolute atomic E-state index is 11.9. The lowest BCUT2D eigenvalue weighted by Gasteiger charge is -2.24. The predicted octanol–water partition coefficient (Wildman–Crippen LogP) is 4.27. The van der Waals surface area contributed by atoms with Gasteiger partial charge in [-0.25, -0.2) is 0 Å². The molecule has 1 unspecified atom stereocenters. The van der Waals surface area contributed by atoms with Gasteiger partial charge in [-0.15, -0.1) is 0 Å². The molecule has 0 heterocycles. The largest absolute Gasteiger partial charge is 0.497 e. The molecule has 0 spiro atoms. The molecule has 0 aliphatic heterocycles. The zero-order valence-electron chi connectivity index (χ0n) is 10.1. The molecule has 2 nitrogen and oxygen atoms in total. The lowest BCUT2D eigenvalue weighted by Crippen LogP contribution is -2.17. The molecule has 1 aromatic rings. The second-order valence-corrected chi connectivity index (χ2v) is 5.01. The number of Topliss-reactive ketones (excluding diaryl/α,β-unsaturated/α-hetero) is 1. The molecule has 0 amide bonds. The zero-order valence-corrected chi connectivity index (χ0v) is 11.6. The first-order valence-corrected chi connectivity index (χ1v) is 6.68. The van der Waals surface area contributed by atoms with E-state index in [1.54, 1.807) is 0 Å². The number of ketones is 1. The van der Waals surface area contributed by atoms with Gasteiger partial charge in [0.1, 0.15) is 10.8 Å². The monoisotopic (exact) mass is 284 g/mol. The van der Waals surface area contributed by atoms with Crippen LogP contribution in [-0.4, -0.2) is 12.4 Å². The van der Waals surface area contributed by atoms with E-state index in [4.69, 9.17) is 27.9 Å². The lowest BCUT2D eigenvalue weighted by atomic mass is 9.86. The van der Waals surface area contributed by atoms with Crippen molar-refractivity contribution in [1.82, 2.24) is 0 Å². The van der Waals surface area contributed by atoms with Crippen LogP contribution in [0.15, 0.2) is 35.1 Å².